The number of nitrogens with one attached hydrogen (secondary N) is 1. The highest BCUT2D eigenvalue weighted by Gasteiger charge is 2.34. The number of aromatic nitrogens is 2. The van der Waals surface area contributed by atoms with Crippen LogP contribution in [0.2, 0.25) is 0 Å². The normalized spacial score (nSPS) is 11.7. The van der Waals surface area contributed by atoms with Crippen molar-refractivity contribution in [3.8, 4) is 11.4 Å². The molecule has 1 aromatic heterocycles. The van der Waals surface area contributed by atoms with Crippen LogP contribution in [0, 0.1) is 0 Å². The van der Waals surface area contributed by atoms with Gasteiger partial charge in [0.2, 0.25) is 0 Å². The Labute approximate surface area is 230 Å². The highest BCUT2D eigenvalue weighted by molar-refractivity contribution is 8.01. The average Bonchev–Trinajstić information content (AvgIpc) is 3.24. The molecule has 0 aliphatic carbocycles. The third-order valence-electron chi connectivity index (χ3n) is 5.61. The van der Waals surface area contributed by atoms with Gasteiger partial charge < -0.3 is 14.0 Å². The smallest absolute Gasteiger partial charge is 0.413 e. The van der Waals surface area contributed by atoms with Crippen LogP contribution in [0.4, 0.5) is 10.6 Å². The molecule has 0 saturated carbocycles. The predicted octanol–water partition coefficient (Wildman–Crippen LogP) is 7.70. The van der Waals surface area contributed by atoms with Gasteiger partial charge in [-0.05, 0) is 52.7 Å². The first-order valence-electron chi connectivity index (χ1n) is 13.1. The molecular weight excluding hydrogens is 498 g/mol. The first-order valence-corrected chi connectivity index (χ1v) is 13.9. The molecule has 204 valence electrons. The van der Waals surface area contributed by atoms with Gasteiger partial charge >= 0.3 is 12.1 Å². The molecule has 7 nitrogen and oxygen atoms in total. The van der Waals surface area contributed by atoms with E-state index in [-0.39, 0.29) is 12.6 Å². The number of esters is 1. The first kappa shape index (κ1) is 29.3. The Balaban J connectivity index is 1.84. The highest BCUT2D eigenvalue weighted by Crippen LogP contribution is 2.40. The number of ether oxygens (including phenoxy) is 2. The second kappa shape index (κ2) is 13.0. The Morgan fingerprint density at radius 1 is 0.974 bits per heavy atom. The van der Waals surface area contributed by atoms with E-state index in [0.29, 0.717) is 5.82 Å². The number of amides is 1. The van der Waals surface area contributed by atoms with Gasteiger partial charge in [0, 0.05) is 23.2 Å². The van der Waals surface area contributed by atoms with Crippen molar-refractivity contribution in [2.24, 2.45) is 0 Å². The molecule has 0 spiro atoms. The molecular formula is C30H39N3O4S. The zero-order chi connectivity index (χ0) is 27.8. The number of thioether (sulfide) groups is 1. The Bertz CT molecular complexity index is 1220. The summed E-state index contributed by atoms with van der Waals surface area (Å²) >= 11 is 1.44. The molecule has 1 heterocycles. The Morgan fingerprint density at radius 3 is 2.34 bits per heavy atom. The summed E-state index contributed by atoms with van der Waals surface area (Å²) in [6, 6.07) is 17.4. The van der Waals surface area contributed by atoms with Crippen LogP contribution < -0.4 is 5.32 Å². The summed E-state index contributed by atoms with van der Waals surface area (Å²) in [7, 11) is 0. The minimum Gasteiger partial charge on any atom is -0.459 e. The number of unbranched alkanes of at least 4 members (excludes halogenated alkanes) is 2. The third-order valence-corrected chi connectivity index (χ3v) is 6.86. The SMILES string of the molecule is CCCCCn1cc(NC(=O)OCc2ccccc2)nc1-c1ccccc1SC(C)(C)C(=O)OC(C)(C)C. The molecule has 3 aromatic rings. The Hall–Kier alpha value is -3.26. The van der Waals surface area contributed by atoms with E-state index >= 15 is 0 Å². The number of carbonyl (C=O) groups is 2. The van der Waals surface area contributed by atoms with Crippen molar-refractivity contribution in [1.82, 2.24) is 9.55 Å². The lowest BCUT2D eigenvalue weighted by molar-refractivity contribution is -0.156. The van der Waals surface area contributed by atoms with E-state index in [4.69, 9.17) is 14.5 Å². The molecule has 0 aliphatic rings. The van der Waals surface area contributed by atoms with E-state index in [1.54, 1.807) is 0 Å². The first-order chi connectivity index (χ1) is 18.0. The van der Waals surface area contributed by atoms with Crippen LogP contribution in [0.5, 0.6) is 0 Å². The van der Waals surface area contributed by atoms with Crippen LogP contribution in [-0.2, 0) is 27.4 Å². The molecule has 3 rings (SSSR count). The van der Waals surface area contributed by atoms with Crippen LogP contribution >= 0.6 is 11.8 Å². The summed E-state index contributed by atoms with van der Waals surface area (Å²) in [5, 5.41) is 2.77. The number of imidazole rings is 1. The summed E-state index contributed by atoms with van der Waals surface area (Å²) < 4.78 is 12.3. The van der Waals surface area contributed by atoms with Crippen molar-refractivity contribution in [1.29, 1.82) is 0 Å². The van der Waals surface area contributed by atoms with E-state index in [1.807, 2.05) is 95.4 Å². The quantitative estimate of drug-likeness (QED) is 0.153. The lowest BCUT2D eigenvalue weighted by Gasteiger charge is -2.28. The lowest BCUT2D eigenvalue weighted by atomic mass is 10.1. The largest absolute Gasteiger partial charge is 0.459 e. The van der Waals surface area contributed by atoms with E-state index < -0.39 is 16.4 Å². The van der Waals surface area contributed by atoms with Crippen LogP contribution in [0.1, 0.15) is 66.4 Å². The number of rotatable bonds is 11. The maximum atomic E-state index is 12.9. The topological polar surface area (TPSA) is 82.5 Å². The van der Waals surface area contributed by atoms with Crippen molar-refractivity contribution < 1.29 is 19.1 Å². The molecule has 0 aliphatic heterocycles. The molecule has 1 amide bonds. The Kier molecular flexibility index (Phi) is 10.0. The fraction of sp³-hybridized carbons (Fsp3) is 0.433. The van der Waals surface area contributed by atoms with Gasteiger partial charge in [0.25, 0.3) is 0 Å². The molecule has 2 aromatic carbocycles. The zero-order valence-electron chi connectivity index (χ0n) is 23.2. The molecule has 0 bridgehead atoms. The number of aryl methyl sites for hydroxylation is 1. The van der Waals surface area contributed by atoms with Gasteiger partial charge in [-0.25, -0.2) is 9.78 Å². The number of hydrogen-bond acceptors (Lipinski definition) is 6. The van der Waals surface area contributed by atoms with Gasteiger partial charge in [-0.1, -0.05) is 68.3 Å². The zero-order valence-corrected chi connectivity index (χ0v) is 24.1. The molecule has 8 heteroatoms. The minimum absolute atomic E-state index is 0.177. The van der Waals surface area contributed by atoms with Crippen molar-refractivity contribution in [3.63, 3.8) is 0 Å². The van der Waals surface area contributed by atoms with Crippen LogP contribution in [0.3, 0.4) is 0 Å². The molecule has 0 atom stereocenters. The van der Waals surface area contributed by atoms with Gasteiger partial charge in [-0.3, -0.25) is 10.1 Å². The molecule has 0 unspecified atom stereocenters. The van der Waals surface area contributed by atoms with E-state index in [0.717, 1.165) is 47.7 Å². The Morgan fingerprint density at radius 2 is 1.66 bits per heavy atom. The van der Waals surface area contributed by atoms with E-state index in [1.165, 1.54) is 11.8 Å². The summed E-state index contributed by atoms with van der Waals surface area (Å²) in [5.74, 6) is 0.864. The number of benzene rings is 2. The second-order valence-corrected chi connectivity index (χ2v) is 12.3. The number of carbonyl (C=O) groups excluding carboxylic acids is 2. The van der Waals surface area contributed by atoms with Crippen molar-refractivity contribution in [3.05, 3.63) is 66.4 Å². The monoisotopic (exact) mass is 537 g/mol. The molecule has 38 heavy (non-hydrogen) atoms. The minimum atomic E-state index is -0.814. The van der Waals surface area contributed by atoms with Crippen molar-refractivity contribution in [2.45, 2.75) is 89.2 Å². The molecule has 0 fully saturated rings. The number of anilines is 1. The molecule has 0 radical (unpaired) electrons. The summed E-state index contributed by atoms with van der Waals surface area (Å²) in [6.07, 6.45) is 4.44. The van der Waals surface area contributed by atoms with Gasteiger partial charge in [0.1, 0.15) is 22.8 Å². The molecule has 0 saturated heterocycles. The maximum Gasteiger partial charge on any atom is 0.413 e. The standard InChI is InChI=1S/C30H39N3O4S/c1-7-8-14-19-33-20-25(32-28(35)36-21-22-15-10-9-11-16-22)31-26(33)23-17-12-13-18-24(23)38-30(5,6)27(34)37-29(2,3)4/h9-13,15-18,20H,7-8,14,19,21H2,1-6H3,(H,32,35). The predicted molar refractivity (Wildman–Crippen MR) is 153 cm³/mol. The fourth-order valence-electron chi connectivity index (χ4n) is 3.72. The maximum absolute atomic E-state index is 12.9. The van der Waals surface area contributed by atoms with Crippen LogP contribution in [0.15, 0.2) is 65.7 Å². The van der Waals surface area contributed by atoms with Gasteiger partial charge in [-0.2, -0.15) is 0 Å². The van der Waals surface area contributed by atoms with Gasteiger partial charge in [-0.15, -0.1) is 11.8 Å². The summed E-state index contributed by atoms with van der Waals surface area (Å²) in [4.78, 5) is 31.1. The average molecular weight is 538 g/mol. The summed E-state index contributed by atoms with van der Waals surface area (Å²) in [5.41, 5.74) is 1.22. The third kappa shape index (κ3) is 8.65. The number of nitrogens with zero attached hydrogens (tertiary/aromatic N) is 2. The van der Waals surface area contributed by atoms with Crippen molar-refractivity contribution >= 4 is 29.6 Å². The van der Waals surface area contributed by atoms with Gasteiger partial charge in [0.15, 0.2) is 5.82 Å². The lowest BCUT2D eigenvalue weighted by Crippen LogP contribution is -2.36. The molecule has 1 N–H and O–H groups in total. The van der Waals surface area contributed by atoms with E-state index in [2.05, 4.69) is 16.8 Å². The number of hydrogen-bond donors (Lipinski definition) is 1. The van der Waals surface area contributed by atoms with Crippen LogP contribution in [0.25, 0.3) is 11.4 Å². The summed E-state index contributed by atoms with van der Waals surface area (Å²) in [6.45, 7) is 12.4. The fourth-order valence-corrected chi connectivity index (χ4v) is 4.81. The van der Waals surface area contributed by atoms with Gasteiger partial charge in [0.05, 0.1) is 0 Å². The second-order valence-electron chi connectivity index (χ2n) is 10.6. The highest BCUT2D eigenvalue weighted by atomic mass is 32.2. The van der Waals surface area contributed by atoms with Crippen LogP contribution in [-0.4, -0.2) is 32.0 Å². The van der Waals surface area contributed by atoms with Crippen molar-refractivity contribution in [2.75, 3.05) is 5.32 Å². The van der Waals surface area contributed by atoms with E-state index in [9.17, 15) is 9.59 Å².